The van der Waals surface area contributed by atoms with Gasteiger partial charge < -0.3 is 19.9 Å². The first-order valence-electron chi connectivity index (χ1n) is 8.91. The molecule has 1 saturated heterocycles. The minimum absolute atomic E-state index is 0.103. The van der Waals surface area contributed by atoms with Crippen molar-refractivity contribution in [3.05, 3.63) is 18.6 Å². The Bertz CT molecular complexity index is 791. The lowest BCUT2D eigenvalue weighted by Crippen LogP contribution is -2.44. The summed E-state index contributed by atoms with van der Waals surface area (Å²) in [6.45, 7) is 3.42. The zero-order valence-electron chi connectivity index (χ0n) is 14.8. The molecule has 3 heterocycles. The smallest absolute Gasteiger partial charge is 0.248 e. The summed E-state index contributed by atoms with van der Waals surface area (Å²) < 4.78 is 0. The molecule has 3 unspecified atom stereocenters. The maximum absolute atomic E-state index is 11.9. The Kier molecular flexibility index (Phi) is 3.91. The first-order chi connectivity index (χ1) is 12.0. The summed E-state index contributed by atoms with van der Waals surface area (Å²) in [5, 5.41) is 10.2. The molecule has 2 aromatic rings. The number of nitrogens with zero attached hydrogens (tertiary/aromatic N) is 4. The van der Waals surface area contributed by atoms with Crippen molar-refractivity contribution < 1.29 is 9.90 Å². The van der Waals surface area contributed by atoms with Crippen LogP contribution in [0.25, 0.3) is 11.0 Å². The molecule has 7 heteroatoms. The molecule has 2 aromatic heterocycles. The van der Waals surface area contributed by atoms with E-state index in [9.17, 15) is 4.79 Å². The summed E-state index contributed by atoms with van der Waals surface area (Å²) in [5.41, 5.74) is 0.962. The predicted molar refractivity (Wildman–Crippen MR) is 95.2 cm³/mol. The van der Waals surface area contributed by atoms with Gasteiger partial charge in [0.25, 0.3) is 0 Å². The number of hydrogen-bond donors (Lipinski definition) is 2. The summed E-state index contributed by atoms with van der Waals surface area (Å²) >= 11 is 0. The molecule has 0 spiro atoms. The zero-order chi connectivity index (χ0) is 17.6. The van der Waals surface area contributed by atoms with Gasteiger partial charge in [-0.2, -0.15) is 0 Å². The second kappa shape index (κ2) is 5.98. The minimum atomic E-state index is -0.390. The number of hydrogen-bond acceptors (Lipinski definition) is 5. The molecule has 2 aliphatic rings. The summed E-state index contributed by atoms with van der Waals surface area (Å²) in [6.07, 6.45) is 6.72. The number of rotatable bonds is 3. The predicted octanol–water partition coefficient (Wildman–Crippen LogP) is 1.40. The van der Waals surface area contributed by atoms with Gasteiger partial charge in [-0.15, -0.1) is 0 Å². The van der Waals surface area contributed by atoms with Crippen LogP contribution in [-0.2, 0) is 4.79 Å². The van der Waals surface area contributed by atoms with Crippen LogP contribution in [0.4, 0.5) is 5.82 Å². The number of aliphatic hydroxyl groups is 1. The molecule has 1 aliphatic heterocycles. The van der Waals surface area contributed by atoms with Crippen LogP contribution in [0.3, 0.4) is 0 Å². The average Bonchev–Trinajstić information content (AvgIpc) is 3.22. The van der Waals surface area contributed by atoms with E-state index in [1.165, 1.54) is 0 Å². The van der Waals surface area contributed by atoms with Crippen molar-refractivity contribution in [1.29, 1.82) is 0 Å². The largest absolute Gasteiger partial charge is 0.387 e. The van der Waals surface area contributed by atoms with Crippen molar-refractivity contribution in [2.45, 2.75) is 32.2 Å². The van der Waals surface area contributed by atoms with Gasteiger partial charge in [0.1, 0.15) is 24.4 Å². The first kappa shape index (κ1) is 16.3. The van der Waals surface area contributed by atoms with E-state index in [1.807, 2.05) is 17.2 Å². The Morgan fingerprint density at radius 2 is 2.32 bits per heavy atom. The van der Waals surface area contributed by atoms with Crippen LogP contribution in [0, 0.1) is 11.3 Å². The highest BCUT2D eigenvalue weighted by atomic mass is 16.3. The standard InChI is InChI=1S/C18H25N5O2/c1-18-7-13(4-3-12(18)8-23(10-18)15(25)9-24)22(2)17-14-5-6-19-16(14)20-11-21-17/h5-6,11-13,24H,3-4,7-10H2,1-2H3,(H,19,20,21). The van der Waals surface area contributed by atoms with Crippen molar-refractivity contribution in [1.82, 2.24) is 19.9 Å². The van der Waals surface area contributed by atoms with E-state index in [0.29, 0.717) is 12.0 Å². The second-order valence-electron chi connectivity index (χ2n) is 7.77. The molecule has 134 valence electrons. The topological polar surface area (TPSA) is 85.4 Å². The van der Waals surface area contributed by atoms with E-state index in [4.69, 9.17) is 5.11 Å². The fourth-order valence-corrected chi connectivity index (χ4v) is 4.75. The van der Waals surface area contributed by atoms with Gasteiger partial charge in [0.15, 0.2) is 0 Å². The van der Waals surface area contributed by atoms with Gasteiger partial charge in [0, 0.05) is 32.4 Å². The number of likely N-dealkylation sites (tertiary alicyclic amines) is 1. The highest BCUT2D eigenvalue weighted by Crippen LogP contribution is 2.48. The Morgan fingerprint density at radius 1 is 1.48 bits per heavy atom. The number of amides is 1. The molecule has 1 aliphatic carbocycles. The van der Waals surface area contributed by atoms with Crippen LogP contribution >= 0.6 is 0 Å². The third kappa shape index (κ3) is 2.66. The summed E-state index contributed by atoms with van der Waals surface area (Å²) in [6, 6.07) is 2.41. The molecule has 0 radical (unpaired) electrons. The van der Waals surface area contributed by atoms with Crippen LogP contribution < -0.4 is 4.90 Å². The van der Waals surface area contributed by atoms with E-state index >= 15 is 0 Å². The SMILES string of the molecule is CN(c1ncnc2[nH]ccc12)C1CCC2CN(C(=O)CO)CC2(C)C1. The molecule has 1 saturated carbocycles. The van der Waals surface area contributed by atoms with Crippen molar-refractivity contribution in [3.8, 4) is 0 Å². The van der Waals surface area contributed by atoms with Gasteiger partial charge in [0.05, 0.1) is 5.39 Å². The lowest BCUT2D eigenvalue weighted by molar-refractivity contribution is -0.133. The lowest BCUT2D eigenvalue weighted by Gasteiger charge is -2.43. The highest BCUT2D eigenvalue weighted by Gasteiger charge is 2.48. The monoisotopic (exact) mass is 343 g/mol. The first-order valence-corrected chi connectivity index (χ1v) is 8.91. The fourth-order valence-electron chi connectivity index (χ4n) is 4.75. The Hall–Kier alpha value is -2.15. The molecule has 2 N–H and O–H groups in total. The Morgan fingerprint density at radius 3 is 3.12 bits per heavy atom. The van der Waals surface area contributed by atoms with E-state index in [1.54, 1.807) is 6.33 Å². The van der Waals surface area contributed by atoms with Gasteiger partial charge in [-0.3, -0.25) is 4.79 Å². The number of aromatic nitrogens is 3. The van der Waals surface area contributed by atoms with Crippen LogP contribution in [0.2, 0.25) is 0 Å². The van der Waals surface area contributed by atoms with E-state index in [-0.39, 0.29) is 11.3 Å². The number of anilines is 1. The van der Waals surface area contributed by atoms with Crippen LogP contribution in [0.15, 0.2) is 18.6 Å². The van der Waals surface area contributed by atoms with E-state index < -0.39 is 6.61 Å². The summed E-state index contributed by atoms with van der Waals surface area (Å²) in [7, 11) is 2.11. The maximum Gasteiger partial charge on any atom is 0.248 e. The Balaban J connectivity index is 1.55. The number of carbonyl (C=O) groups is 1. The van der Waals surface area contributed by atoms with E-state index in [0.717, 1.165) is 49.2 Å². The van der Waals surface area contributed by atoms with Crippen molar-refractivity contribution in [3.63, 3.8) is 0 Å². The van der Waals surface area contributed by atoms with Crippen LogP contribution in [-0.4, -0.2) is 63.7 Å². The summed E-state index contributed by atoms with van der Waals surface area (Å²) in [5.74, 6) is 1.33. The number of aliphatic hydroxyl groups excluding tert-OH is 1. The van der Waals surface area contributed by atoms with Gasteiger partial charge in [-0.05, 0) is 36.7 Å². The van der Waals surface area contributed by atoms with Crippen molar-refractivity contribution >= 4 is 22.8 Å². The quantitative estimate of drug-likeness (QED) is 0.880. The number of carbonyl (C=O) groups excluding carboxylic acids is 1. The van der Waals surface area contributed by atoms with Gasteiger partial charge in [0.2, 0.25) is 5.91 Å². The third-order valence-electron chi connectivity index (χ3n) is 6.23. The second-order valence-corrected chi connectivity index (χ2v) is 7.77. The molecule has 4 rings (SSSR count). The number of aromatic amines is 1. The molecule has 3 atom stereocenters. The van der Waals surface area contributed by atoms with E-state index in [2.05, 4.69) is 33.8 Å². The molecular formula is C18H25N5O2. The van der Waals surface area contributed by atoms with Crippen LogP contribution in [0.5, 0.6) is 0 Å². The lowest BCUT2D eigenvalue weighted by atomic mass is 9.67. The van der Waals surface area contributed by atoms with Crippen molar-refractivity contribution in [2.75, 3.05) is 31.6 Å². The maximum atomic E-state index is 11.9. The molecule has 1 amide bonds. The summed E-state index contributed by atoms with van der Waals surface area (Å²) in [4.78, 5) is 27.9. The average molecular weight is 343 g/mol. The molecule has 0 bridgehead atoms. The molecular weight excluding hydrogens is 318 g/mol. The zero-order valence-corrected chi connectivity index (χ0v) is 14.8. The fraction of sp³-hybridized carbons (Fsp3) is 0.611. The third-order valence-corrected chi connectivity index (χ3v) is 6.23. The molecule has 25 heavy (non-hydrogen) atoms. The van der Waals surface area contributed by atoms with Crippen LogP contribution in [0.1, 0.15) is 26.2 Å². The Labute approximate surface area is 147 Å². The number of H-pyrrole nitrogens is 1. The van der Waals surface area contributed by atoms with Gasteiger partial charge in [-0.1, -0.05) is 6.92 Å². The normalized spacial score (nSPS) is 29.0. The molecule has 7 nitrogen and oxygen atoms in total. The van der Waals surface area contributed by atoms with Crippen molar-refractivity contribution in [2.24, 2.45) is 11.3 Å². The number of nitrogens with one attached hydrogen (secondary N) is 1. The molecule has 2 fully saturated rings. The highest BCUT2D eigenvalue weighted by molar-refractivity contribution is 5.87. The molecule has 0 aromatic carbocycles. The number of fused-ring (bicyclic) bond motifs is 2. The minimum Gasteiger partial charge on any atom is -0.387 e. The van der Waals surface area contributed by atoms with Gasteiger partial charge in [-0.25, -0.2) is 9.97 Å². The van der Waals surface area contributed by atoms with Gasteiger partial charge >= 0.3 is 0 Å².